The number of halogens is 1. The quantitative estimate of drug-likeness (QED) is 0.923. The molecule has 3 nitrogen and oxygen atoms in total. The van der Waals surface area contributed by atoms with Crippen LogP contribution in [-0.4, -0.2) is 11.0 Å². The van der Waals surface area contributed by atoms with E-state index >= 15 is 0 Å². The van der Waals surface area contributed by atoms with Gasteiger partial charge in [-0.05, 0) is 25.0 Å². The molecule has 1 aromatic heterocycles. The van der Waals surface area contributed by atoms with Gasteiger partial charge in [-0.1, -0.05) is 41.9 Å². The van der Waals surface area contributed by atoms with Crippen LogP contribution in [0.15, 0.2) is 42.6 Å². The van der Waals surface area contributed by atoms with E-state index < -0.39 is 0 Å². The van der Waals surface area contributed by atoms with E-state index in [1.165, 1.54) is 5.56 Å². The molecule has 2 rings (SSSR count). The fraction of sp³-hybridized carbons (Fsp3) is 0.200. The summed E-state index contributed by atoms with van der Waals surface area (Å²) >= 11 is 6.11. The Balaban J connectivity index is 2.08. The molecular formula is C15H14ClN3. The van der Waals surface area contributed by atoms with E-state index in [9.17, 15) is 0 Å². The maximum Gasteiger partial charge on any atom is 0.146 e. The SMILES string of the molecule is CC(Cc1ccccc1)Nc1nccc(C#N)c1Cl. The van der Waals surface area contributed by atoms with Gasteiger partial charge in [-0.15, -0.1) is 0 Å². The van der Waals surface area contributed by atoms with Gasteiger partial charge in [0.15, 0.2) is 0 Å². The summed E-state index contributed by atoms with van der Waals surface area (Å²) in [6.45, 7) is 2.06. The van der Waals surface area contributed by atoms with Crippen LogP contribution in [0.4, 0.5) is 5.82 Å². The number of hydrogen-bond acceptors (Lipinski definition) is 3. The predicted octanol–water partition coefficient (Wildman–Crippen LogP) is 3.65. The third kappa shape index (κ3) is 3.46. The highest BCUT2D eigenvalue weighted by Gasteiger charge is 2.10. The van der Waals surface area contributed by atoms with E-state index in [2.05, 4.69) is 29.4 Å². The number of nitriles is 1. The molecule has 19 heavy (non-hydrogen) atoms. The zero-order valence-electron chi connectivity index (χ0n) is 10.6. The molecule has 2 aromatic rings. The number of rotatable bonds is 4. The zero-order valence-corrected chi connectivity index (χ0v) is 11.4. The molecule has 0 bridgehead atoms. The van der Waals surface area contributed by atoms with Gasteiger partial charge in [0.25, 0.3) is 0 Å². The molecule has 96 valence electrons. The van der Waals surface area contributed by atoms with Gasteiger partial charge in [0.2, 0.25) is 0 Å². The monoisotopic (exact) mass is 271 g/mol. The second-order valence-electron chi connectivity index (χ2n) is 4.37. The molecule has 0 fully saturated rings. The first-order chi connectivity index (χ1) is 9.20. The molecule has 1 heterocycles. The second-order valence-corrected chi connectivity index (χ2v) is 4.75. The van der Waals surface area contributed by atoms with Gasteiger partial charge in [-0.3, -0.25) is 0 Å². The van der Waals surface area contributed by atoms with E-state index in [-0.39, 0.29) is 6.04 Å². The Bertz CT molecular complexity index is 590. The van der Waals surface area contributed by atoms with Crippen molar-refractivity contribution in [2.75, 3.05) is 5.32 Å². The van der Waals surface area contributed by atoms with Crippen LogP contribution < -0.4 is 5.32 Å². The maximum atomic E-state index is 8.92. The smallest absolute Gasteiger partial charge is 0.146 e. The van der Waals surface area contributed by atoms with Crippen LogP contribution in [0.1, 0.15) is 18.1 Å². The Hall–Kier alpha value is -2.05. The van der Waals surface area contributed by atoms with Crippen LogP contribution in [0.25, 0.3) is 0 Å². The highest BCUT2D eigenvalue weighted by Crippen LogP contribution is 2.23. The van der Waals surface area contributed by atoms with E-state index in [0.717, 1.165) is 6.42 Å². The molecule has 0 saturated heterocycles. The summed E-state index contributed by atoms with van der Waals surface area (Å²) < 4.78 is 0. The molecule has 1 aromatic carbocycles. The van der Waals surface area contributed by atoms with Crippen molar-refractivity contribution in [1.29, 1.82) is 5.26 Å². The minimum atomic E-state index is 0.182. The number of anilines is 1. The van der Waals surface area contributed by atoms with Crippen molar-refractivity contribution in [2.24, 2.45) is 0 Å². The lowest BCUT2D eigenvalue weighted by Gasteiger charge is -2.15. The number of benzene rings is 1. The summed E-state index contributed by atoms with van der Waals surface area (Å²) in [5.41, 5.74) is 1.68. The van der Waals surface area contributed by atoms with Crippen molar-refractivity contribution in [3.8, 4) is 6.07 Å². The molecule has 0 amide bonds. The van der Waals surface area contributed by atoms with Crippen molar-refractivity contribution in [3.05, 3.63) is 58.7 Å². The summed E-state index contributed by atoms with van der Waals surface area (Å²) in [6.07, 6.45) is 2.46. The highest BCUT2D eigenvalue weighted by atomic mass is 35.5. The van der Waals surface area contributed by atoms with Crippen molar-refractivity contribution >= 4 is 17.4 Å². The minimum absolute atomic E-state index is 0.182. The summed E-state index contributed by atoms with van der Waals surface area (Å²) in [6, 6.07) is 14.0. The lowest BCUT2D eigenvalue weighted by atomic mass is 10.1. The molecule has 1 atom stereocenters. The Morgan fingerprint density at radius 3 is 2.74 bits per heavy atom. The average Bonchev–Trinajstić information content (AvgIpc) is 2.42. The van der Waals surface area contributed by atoms with Gasteiger partial charge in [0, 0.05) is 12.2 Å². The maximum absolute atomic E-state index is 8.92. The van der Waals surface area contributed by atoms with Gasteiger partial charge in [-0.2, -0.15) is 5.26 Å². The third-order valence-electron chi connectivity index (χ3n) is 2.78. The zero-order chi connectivity index (χ0) is 13.7. The Kier molecular flexibility index (Phi) is 4.38. The van der Waals surface area contributed by atoms with Crippen LogP contribution in [0.5, 0.6) is 0 Å². The van der Waals surface area contributed by atoms with Crippen LogP contribution in [0.3, 0.4) is 0 Å². The Morgan fingerprint density at radius 1 is 1.32 bits per heavy atom. The van der Waals surface area contributed by atoms with Gasteiger partial charge in [-0.25, -0.2) is 4.98 Å². The van der Waals surface area contributed by atoms with Crippen molar-refractivity contribution in [1.82, 2.24) is 4.98 Å². The van der Waals surface area contributed by atoms with Crippen LogP contribution >= 0.6 is 11.6 Å². The van der Waals surface area contributed by atoms with Gasteiger partial charge in [0.05, 0.1) is 5.56 Å². The summed E-state index contributed by atoms with van der Waals surface area (Å²) in [5.74, 6) is 0.559. The number of nitrogens with zero attached hydrogens (tertiary/aromatic N) is 2. The molecule has 0 aliphatic rings. The van der Waals surface area contributed by atoms with Crippen LogP contribution in [0.2, 0.25) is 5.02 Å². The molecule has 0 saturated carbocycles. The van der Waals surface area contributed by atoms with Crippen molar-refractivity contribution < 1.29 is 0 Å². The molecule has 0 aliphatic heterocycles. The van der Waals surface area contributed by atoms with E-state index in [0.29, 0.717) is 16.4 Å². The van der Waals surface area contributed by atoms with E-state index in [1.54, 1.807) is 12.3 Å². The number of hydrogen-bond donors (Lipinski definition) is 1. The first kappa shape index (κ1) is 13.4. The molecular weight excluding hydrogens is 258 g/mol. The van der Waals surface area contributed by atoms with Crippen LogP contribution in [-0.2, 0) is 6.42 Å². The van der Waals surface area contributed by atoms with Gasteiger partial charge >= 0.3 is 0 Å². The largest absolute Gasteiger partial charge is 0.366 e. The van der Waals surface area contributed by atoms with E-state index in [1.807, 2.05) is 24.3 Å². The molecule has 0 spiro atoms. The van der Waals surface area contributed by atoms with E-state index in [4.69, 9.17) is 16.9 Å². The first-order valence-electron chi connectivity index (χ1n) is 6.05. The fourth-order valence-corrected chi connectivity index (χ4v) is 2.09. The molecule has 1 unspecified atom stereocenters. The molecule has 4 heteroatoms. The Morgan fingerprint density at radius 2 is 2.05 bits per heavy atom. The molecule has 1 N–H and O–H groups in total. The number of aromatic nitrogens is 1. The summed E-state index contributed by atoms with van der Waals surface area (Å²) in [4.78, 5) is 4.17. The van der Waals surface area contributed by atoms with Crippen LogP contribution in [0, 0.1) is 11.3 Å². The minimum Gasteiger partial charge on any atom is -0.366 e. The predicted molar refractivity (Wildman–Crippen MR) is 77.2 cm³/mol. The lowest BCUT2D eigenvalue weighted by Crippen LogP contribution is -2.19. The lowest BCUT2D eigenvalue weighted by molar-refractivity contribution is 0.784. The number of pyridine rings is 1. The van der Waals surface area contributed by atoms with Gasteiger partial charge < -0.3 is 5.32 Å². The summed E-state index contributed by atoms with van der Waals surface area (Å²) in [7, 11) is 0. The highest BCUT2D eigenvalue weighted by molar-refractivity contribution is 6.34. The number of nitrogens with one attached hydrogen (secondary N) is 1. The van der Waals surface area contributed by atoms with Gasteiger partial charge in [0.1, 0.15) is 16.9 Å². The van der Waals surface area contributed by atoms with Crippen molar-refractivity contribution in [2.45, 2.75) is 19.4 Å². The molecule has 0 radical (unpaired) electrons. The second kappa shape index (κ2) is 6.21. The topological polar surface area (TPSA) is 48.7 Å². The normalized spacial score (nSPS) is 11.6. The fourth-order valence-electron chi connectivity index (χ4n) is 1.88. The van der Waals surface area contributed by atoms with Crippen molar-refractivity contribution in [3.63, 3.8) is 0 Å². The molecule has 0 aliphatic carbocycles. The standard InChI is InChI=1S/C15H14ClN3/c1-11(9-12-5-3-2-4-6-12)19-15-14(16)13(10-17)7-8-18-15/h2-8,11H,9H2,1H3,(H,18,19). The average molecular weight is 272 g/mol. The third-order valence-corrected chi connectivity index (χ3v) is 3.16. The summed E-state index contributed by atoms with van der Waals surface area (Å²) in [5, 5.41) is 12.5. The Labute approximate surface area is 117 Å². The first-order valence-corrected chi connectivity index (χ1v) is 6.43.